The first-order valence-corrected chi connectivity index (χ1v) is 9.78. The number of carbonyl (C=O) groups is 1. The van der Waals surface area contributed by atoms with Crippen molar-refractivity contribution in [3.8, 4) is 16.8 Å². The van der Waals surface area contributed by atoms with Crippen molar-refractivity contribution in [3.05, 3.63) is 77.2 Å². The Bertz CT molecular complexity index is 1210. The summed E-state index contributed by atoms with van der Waals surface area (Å²) in [5.41, 5.74) is 6.73. The van der Waals surface area contributed by atoms with Gasteiger partial charge in [-0.2, -0.15) is 0 Å². The quantitative estimate of drug-likeness (QED) is 0.502. The van der Waals surface area contributed by atoms with Crippen LogP contribution in [0.15, 0.2) is 54.6 Å². The topological polar surface area (TPSA) is 68.0 Å². The third kappa shape index (κ3) is 3.40. The van der Waals surface area contributed by atoms with Gasteiger partial charge in [0.2, 0.25) is 0 Å². The second-order valence-corrected chi connectivity index (χ2v) is 7.26. The first-order chi connectivity index (χ1) is 14.0. The van der Waals surface area contributed by atoms with Gasteiger partial charge in [0, 0.05) is 17.8 Å². The van der Waals surface area contributed by atoms with Crippen molar-refractivity contribution in [1.82, 2.24) is 14.5 Å². The second-order valence-electron chi connectivity index (χ2n) is 7.26. The summed E-state index contributed by atoms with van der Waals surface area (Å²) >= 11 is 0. The molecule has 0 aliphatic rings. The van der Waals surface area contributed by atoms with Gasteiger partial charge in [-0.25, -0.2) is 14.8 Å². The first-order valence-electron chi connectivity index (χ1n) is 9.78. The molecule has 0 spiro atoms. The van der Waals surface area contributed by atoms with Gasteiger partial charge in [-0.3, -0.25) is 4.57 Å². The maximum absolute atomic E-state index is 11.6. The number of hydrogen-bond acceptors (Lipinski definition) is 3. The van der Waals surface area contributed by atoms with Crippen LogP contribution < -0.4 is 0 Å². The Balaban J connectivity index is 1.86. The molecule has 4 aromatic rings. The summed E-state index contributed by atoms with van der Waals surface area (Å²) in [6, 6.07) is 17.1. The Morgan fingerprint density at radius 1 is 1.03 bits per heavy atom. The Morgan fingerprint density at radius 3 is 2.45 bits per heavy atom. The van der Waals surface area contributed by atoms with Gasteiger partial charge in [0.05, 0.1) is 5.56 Å². The van der Waals surface area contributed by atoms with E-state index in [-0.39, 0.29) is 0 Å². The van der Waals surface area contributed by atoms with Crippen LogP contribution in [0.1, 0.15) is 40.8 Å². The zero-order valence-electron chi connectivity index (χ0n) is 16.8. The molecule has 2 aromatic heterocycles. The predicted molar refractivity (Wildman–Crippen MR) is 115 cm³/mol. The lowest BCUT2D eigenvalue weighted by molar-refractivity contribution is 0.0697. The van der Waals surface area contributed by atoms with E-state index in [1.807, 2.05) is 43.3 Å². The van der Waals surface area contributed by atoms with E-state index in [4.69, 9.17) is 9.97 Å². The Hall–Kier alpha value is -3.47. The van der Waals surface area contributed by atoms with E-state index < -0.39 is 5.97 Å². The van der Waals surface area contributed by atoms with E-state index >= 15 is 0 Å². The number of carboxylic acids is 1. The summed E-state index contributed by atoms with van der Waals surface area (Å²) in [5, 5.41) is 9.48. The molecule has 0 saturated heterocycles. The normalized spacial score (nSPS) is 11.1. The van der Waals surface area contributed by atoms with Crippen LogP contribution in [0, 0.1) is 13.8 Å². The van der Waals surface area contributed by atoms with Crippen LogP contribution >= 0.6 is 0 Å². The molecular weight excluding hydrogens is 362 g/mol. The van der Waals surface area contributed by atoms with Crippen molar-refractivity contribution in [2.24, 2.45) is 0 Å². The fourth-order valence-corrected chi connectivity index (χ4v) is 3.78. The van der Waals surface area contributed by atoms with E-state index in [0.29, 0.717) is 11.1 Å². The molecule has 1 N–H and O–H groups in total. The van der Waals surface area contributed by atoms with Crippen LogP contribution in [0.5, 0.6) is 0 Å². The van der Waals surface area contributed by atoms with Crippen molar-refractivity contribution < 1.29 is 9.90 Å². The van der Waals surface area contributed by atoms with E-state index in [9.17, 15) is 9.90 Å². The number of aromatic nitrogens is 3. The van der Waals surface area contributed by atoms with E-state index in [1.165, 1.54) is 0 Å². The van der Waals surface area contributed by atoms with Gasteiger partial charge in [0.15, 0.2) is 5.65 Å². The SMILES string of the molecule is CCCc1nc2c(C)cc(C)nc2n1-c1ccc(-c2ccccc2C(=O)O)cc1. The van der Waals surface area contributed by atoms with Gasteiger partial charge in [0.1, 0.15) is 11.3 Å². The summed E-state index contributed by atoms with van der Waals surface area (Å²) in [7, 11) is 0. The minimum Gasteiger partial charge on any atom is -0.478 e. The number of carboxylic acid groups (broad SMARTS) is 1. The molecule has 5 nitrogen and oxygen atoms in total. The Kier molecular flexibility index (Phi) is 4.89. The lowest BCUT2D eigenvalue weighted by Gasteiger charge is -2.11. The average molecular weight is 385 g/mol. The Labute approximate surface area is 169 Å². The molecule has 29 heavy (non-hydrogen) atoms. The Morgan fingerprint density at radius 2 is 1.76 bits per heavy atom. The van der Waals surface area contributed by atoms with E-state index in [1.54, 1.807) is 12.1 Å². The fourth-order valence-electron chi connectivity index (χ4n) is 3.78. The molecule has 2 heterocycles. The lowest BCUT2D eigenvalue weighted by Crippen LogP contribution is -2.03. The molecule has 146 valence electrons. The van der Waals surface area contributed by atoms with Crippen molar-refractivity contribution in [1.29, 1.82) is 0 Å². The third-order valence-electron chi connectivity index (χ3n) is 5.07. The number of fused-ring (bicyclic) bond motifs is 1. The second kappa shape index (κ2) is 7.51. The van der Waals surface area contributed by atoms with Crippen LogP contribution in [-0.2, 0) is 6.42 Å². The maximum atomic E-state index is 11.6. The largest absolute Gasteiger partial charge is 0.478 e. The minimum atomic E-state index is -0.925. The number of benzene rings is 2. The number of hydrogen-bond donors (Lipinski definition) is 1. The molecule has 0 amide bonds. The molecule has 2 aromatic carbocycles. The number of imidazole rings is 1. The summed E-state index contributed by atoms with van der Waals surface area (Å²) < 4.78 is 2.12. The zero-order chi connectivity index (χ0) is 20.5. The van der Waals surface area contributed by atoms with Gasteiger partial charge in [0.25, 0.3) is 0 Å². The lowest BCUT2D eigenvalue weighted by atomic mass is 9.99. The van der Waals surface area contributed by atoms with Crippen LogP contribution in [0.4, 0.5) is 0 Å². The van der Waals surface area contributed by atoms with Crippen LogP contribution in [0.2, 0.25) is 0 Å². The monoisotopic (exact) mass is 385 g/mol. The summed E-state index contributed by atoms with van der Waals surface area (Å²) in [4.78, 5) is 21.2. The molecule has 0 atom stereocenters. The number of nitrogens with zero attached hydrogens (tertiary/aromatic N) is 3. The molecule has 0 bridgehead atoms. The summed E-state index contributed by atoms with van der Waals surface area (Å²) in [5.74, 6) is 0.0630. The van der Waals surface area contributed by atoms with Crippen LogP contribution in [0.3, 0.4) is 0 Å². The highest BCUT2D eigenvalue weighted by Crippen LogP contribution is 2.28. The van der Waals surface area contributed by atoms with Crippen molar-refractivity contribution in [2.45, 2.75) is 33.6 Å². The standard InChI is InChI=1S/C24H23N3O2/c1-4-7-21-26-22-15(2)14-16(3)25-23(22)27(21)18-12-10-17(11-13-18)19-8-5-6-9-20(19)24(28)29/h5-6,8-14H,4,7H2,1-3H3,(H,28,29). The van der Waals surface area contributed by atoms with E-state index in [2.05, 4.69) is 24.5 Å². The summed E-state index contributed by atoms with van der Waals surface area (Å²) in [6.45, 7) is 6.20. The van der Waals surface area contributed by atoms with Gasteiger partial charge in [-0.05, 0) is 61.2 Å². The van der Waals surface area contributed by atoms with Gasteiger partial charge in [-0.15, -0.1) is 0 Å². The smallest absolute Gasteiger partial charge is 0.336 e. The molecule has 5 heteroatoms. The highest BCUT2D eigenvalue weighted by atomic mass is 16.4. The van der Waals surface area contributed by atoms with Crippen LogP contribution in [-0.4, -0.2) is 25.6 Å². The summed E-state index contributed by atoms with van der Waals surface area (Å²) in [6.07, 6.45) is 1.85. The minimum absolute atomic E-state index is 0.299. The zero-order valence-corrected chi connectivity index (χ0v) is 16.8. The fraction of sp³-hybridized carbons (Fsp3) is 0.208. The molecule has 0 unspecified atom stereocenters. The molecule has 0 aliphatic carbocycles. The first kappa shape index (κ1) is 18.9. The van der Waals surface area contributed by atoms with Gasteiger partial charge in [-0.1, -0.05) is 37.3 Å². The molecule has 0 fully saturated rings. The maximum Gasteiger partial charge on any atom is 0.336 e. The van der Waals surface area contributed by atoms with Crippen molar-refractivity contribution >= 4 is 17.1 Å². The van der Waals surface area contributed by atoms with Gasteiger partial charge < -0.3 is 5.11 Å². The van der Waals surface area contributed by atoms with Crippen molar-refractivity contribution in [2.75, 3.05) is 0 Å². The molecular formula is C24H23N3O2. The van der Waals surface area contributed by atoms with Crippen molar-refractivity contribution in [3.63, 3.8) is 0 Å². The molecule has 0 aliphatic heterocycles. The molecule has 0 saturated carbocycles. The third-order valence-corrected chi connectivity index (χ3v) is 5.07. The highest BCUT2D eigenvalue weighted by Gasteiger charge is 2.16. The number of aromatic carboxylic acids is 1. The molecule has 0 radical (unpaired) electrons. The number of rotatable bonds is 5. The van der Waals surface area contributed by atoms with E-state index in [0.717, 1.165) is 52.3 Å². The highest BCUT2D eigenvalue weighted by molar-refractivity contribution is 5.96. The molecule has 4 rings (SSSR count). The number of aryl methyl sites for hydroxylation is 3. The van der Waals surface area contributed by atoms with Crippen LogP contribution in [0.25, 0.3) is 28.0 Å². The van der Waals surface area contributed by atoms with Gasteiger partial charge >= 0.3 is 5.97 Å². The average Bonchev–Trinajstić information content (AvgIpc) is 3.06. The predicted octanol–water partition coefficient (Wildman–Crippen LogP) is 5.36. The number of pyridine rings is 1.